The van der Waals surface area contributed by atoms with Crippen LogP contribution in [0.5, 0.6) is 0 Å². The van der Waals surface area contributed by atoms with E-state index in [9.17, 15) is 4.79 Å². The molecule has 4 heterocycles. The van der Waals surface area contributed by atoms with E-state index in [1.165, 1.54) is 5.56 Å². The first-order chi connectivity index (χ1) is 14.2. The molecule has 0 saturated carbocycles. The summed E-state index contributed by atoms with van der Waals surface area (Å²) in [5.41, 5.74) is 4.18. The predicted octanol–water partition coefficient (Wildman–Crippen LogP) is 2.67. The molecule has 2 aliphatic rings. The molecular weight excluding hydrogens is 468 g/mol. The highest BCUT2D eigenvalue weighted by atomic mass is 79.9. The quantitative estimate of drug-likeness (QED) is 0.551. The molecule has 0 spiro atoms. The third-order valence-electron chi connectivity index (χ3n) is 5.93. The van der Waals surface area contributed by atoms with Gasteiger partial charge < -0.3 is 10.2 Å². The van der Waals surface area contributed by atoms with Crippen molar-refractivity contribution in [2.45, 2.75) is 19.0 Å². The lowest BCUT2D eigenvalue weighted by Gasteiger charge is -2.38. The molecule has 30 heavy (non-hydrogen) atoms. The van der Waals surface area contributed by atoms with Crippen molar-refractivity contribution in [1.82, 2.24) is 30.3 Å². The molecule has 1 saturated heterocycles. The lowest BCUT2D eigenvalue weighted by Crippen LogP contribution is -2.51. The number of hydrogen-bond acceptors (Lipinski definition) is 5. The Morgan fingerprint density at radius 3 is 2.63 bits per heavy atom. The van der Waals surface area contributed by atoms with E-state index in [4.69, 9.17) is 0 Å². The minimum absolute atomic E-state index is 0. The van der Waals surface area contributed by atoms with Gasteiger partial charge >= 0.3 is 0 Å². The van der Waals surface area contributed by atoms with Gasteiger partial charge in [-0.25, -0.2) is 4.98 Å². The van der Waals surface area contributed by atoms with Crippen LogP contribution in [0.15, 0.2) is 41.1 Å². The number of aromatic amines is 1. The maximum atomic E-state index is 13.7. The van der Waals surface area contributed by atoms with Crippen LogP contribution in [-0.4, -0.2) is 63.6 Å². The van der Waals surface area contributed by atoms with Crippen LogP contribution in [0.25, 0.3) is 11.0 Å². The molecule has 1 unspecified atom stereocenters. The molecule has 9 heteroatoms. The third kappa shape index (κ3) is 3.85. The van der Waals surface area contributed by atoms with Crippen molar-refractivity contribution in [1.29, 1.82) is 0 Å². The number of H-pyrrole nitrogens is 1. The summed E-state index contributed by atoms with van der Waals surface area (Å²) in [6, 6.07) is 9.91. The molecular formula is C21H24BrClN6O. The second kappa shape index (κ2) is 9.01. The summed E-state index contributed by atoms with van der Waals surface area (Å²) in [6.45, 7) is 4.84. The molecule has 0 bridgehead atoms. The first-order valence-electron chi connectivity index (χ1n) is 10.0. The van der Waals surface area contributed by atoms with E-state index < -0.39 is 0 Å². The van der Waals surface area contributed by atoms with E-state index in [0.29, 0.717) is 13.1 Å². The Balaban J connectivity index is 0.00000218. The van der Waals surface area contributed by atoms with Crippen LogP contribution in [-0.2, 0) is 17.8 Å². The van der Waals surface area contributed by atoms with Gasteiger partial charge in [-0.05, 0) is 33.5 Å². The largest absolute Gasteiger partial charge is 0.336 e. The number of rotatable bonds is 3. The third-order valence-corrected chi connectivity index (χ3v) is 6.58. The molecule has 158 valence electrons. The van der Waals surface area contributed by atoms with Crippen molar-refractivity contribution >= 4 is 45.3 Å². The molecule has 1 atom stereocenters. The zero-order chi connectivity index (χ0) is 19.8. The Morgan fingerprint density at radius 1 is 1.10 bits per heavy atom. The van der Waals surface area contributed by atoms with Gasteiger partial charge in [-0.2, -0.15) is 5.10 Å². The summed E-state index contributed by atoms with van der Waals surface area (Å²) in [5, 5.41) is 11.5. The van der Waals surface area contributed by atoms with E-state index in [1.54, 1.807) is 0 Å². The Bertz CT molecular complexity index is 1040. The molecule has 3 aromatic rings. The van der Waals surface area contributed by atoms with Crippen LogP contribution >= 0.6 is 28.3 Å². The van der Waals surface area contributed by atoms with Gasteiger partial charge in [0.2, 0.25) is 5.91 Å². The van der Waals surface area contributed by atoms with Gasteiger partial charge in [-0.1, -0.05) is 30.3 Å². The number of hydrogen-bond donors (Lipinski definition) is 2. The van der Waals surface area contributed by atoms with Crippen LogP contribution in [0.1, 0.15) is 22.7 Å². The monoisotopic (exact) mass is 490 g/mol. The Kier molecular flexibility index (Phi) is 6.38. The molecule has 0 aliphatic carbocycles. The van der Waals surface area contributed by atoms with Crippen molar-refractivity contribution in [3.05, 3.63) is 57.8 Å². The summed E-state index contributed by atoms with van der Waals surface area (Å²) >= 11 is 3.61. The van der Waals surface area contributed by atoms with Crippen molar-refractivity contribution in [2.24, 2.45) is 0 Å². The molecule has 1 amide bonds. The predicted molar refractivity (Wildman–Crippen MR) is 122 cm³/mol. The van der Waals surface area contributed by atoms with Gasteiger partial charge in [0.05, 0.1) is 6.20 Å². The lowest BCUT2D eigenvalue weighted by atomic mass is 9.97. The van der Waals surface area contributed by atoms with Gasteiger partial charge in [-0.15, -0.1) is 12.4 Å². The van der Waals surface area contributed by atoms with Crippen molar-refractivity contribution in [3.8, 4) is 0 Å². The van der Waals surface area contributed by atoms with Crippen molar-refractivity contribution in [2.75, 3.05) is 32.7 Å². The second-order valence-corrected chi connectivity index (χ2v) is 8.35. The Hall–Kier alpha value is -2.00. The Labute approximate surface area is 189 Å². The molecule has 2 aromatic heterocycles. The number of pyridine rings is 1. The summed E-state index contributed by atoms with van der Waals surface area (Å²) < 4.78 is 0.792. The smallest absolute Gasteiger partial charge is 0.244 e. The van der Waals surface area contributed by atoms with Crippen molar-refractivity contribution in [3.63, 3.8) is 0 Å². The zero-order valence-corrected chi connectivity index (χ0v) is 18.9. The molecule has 1 fully saturated rings. The summed E-state index contributed by atoms with van der Waals surface area (Å²) in [6.07, 6.45) is 2.64. The number of nitrogens with zero attached hydrogens (tertiary/aromatic N) is 4. The van der Waals surface area contributed by atoms with E-state index >= 15 is 0 Å². The number of benzene rings is 1. The summed E-state index contributed by atoms with van der Waals surface area (Å²) in [5.74, 6) is 0.169. The fourth-order valence-corrected chi connectivity index (χ4v) is 4.99. The van der Waals surface area contributed by atoms with Crippen LogP contribution in [0.2, 0.25) is 0 Å². The highest BCUT2D eigenvalue weighted by Gasteiger charge is 2.34. The van der Waals surface area contributed by atoms with Gasteiger partial charge in [0.25, 0.3) is 0 Å². The Morgan fingerprint density at radius 2 is 1.87 bits per heavy atom. The molecule has 2 N–H and O–H groups in total. The number of piperazine rings is 1. The zero-order valence-electron chi connectivity index (χ0n) is 16.5. The van der Waals surface area contributed by atoms with E-state index in [1.807, 2.05) is 29.3 Å². The van der Waals surface area contributed by atoms with Gasteiger partial charge in [0.15, 0.2) is 5.65 Å². The van der Waals surface area contributed by atoms with Crippen LogP contribution in [0.4, 0.5) is 0 Å². The molecule has 2 aliphatic heterocycles. The van der Waals surface area contributed by atoms with Gasteiger partial charge in [-0.3, -0.25) is 14.8 Å². The van der Waals surface area contributed by atoms with Crippen LogP contribution in [0, 0.1) is 0 Å². The number of halogens is 2. The first kappa shape index (κ1) is 21.2. The average Bonchev–Trinajstić information content (AvgIpc) is 3.24. The lowest BCUT2D eigenvalue weighted by molar-refractivity contribution is -0.138. The highest BCUT2D eigenvalue weighted by molar-refractivity contribution is 9.10. The van der Waals surface area contributed by atoms with E-state index in [0.717, 1.165) is 59.4 Å². The van der Waals surface area contributed by atoms with Crippen LogP contribution in [0.3, 0.4) is 0 Å². The topological polar surface area (TPSA) is 77.2 Å². The number of carbonyl (C=O) groups is 1. The van der Waals surface area contributed by atoms with E-state index in [-0.39, 0.29) is 24.4 Å². The standard InChI is InChI=1S/C21H23BrN6O.ClH/c22-19-17-13-28(9-6-15(17)16-12-24-26-20(16)25-19)21(29)18(14-4-2-1-3-5-14)27-10-7-23-8-11-27;/h1-5,12,18,23H,6-11,13H2,(H,24,25,26);1H. The average molecular weight is 492 g/mol. The van der Waals surface area contributed by atoms with Gasteiger partial charge in [0, 0.05) is 50.2 Å². The first-order valence-corrected chi connectivity index (χ1v) is 10.8. The molecule has 5 rings (SSSR count). The summed E-state index contributed by atoms with van der Waals surface area (Å²) in [4.78, 5) is 22.6. The highest BCUT2D eigenvalue weighted by Crippen LogP contribution is 2.33. The number of fused-ring (bicyclic) bond motifs is 3. The normalized spacial score (nSPS) is 18.0. The summed E-state index contributed by atoms with van der Waals surface area (Å²) in [7, 11) is 0. The maximum absolute atomic E-state index is 13.7. The minimum atomic E-state index is -0.246. The minimum Gasteiger partial charge on any atom is -0.336 e. The number of aromatic nitrogens is 3. The fourth-order valence-electron chi connectivity index (χ4n) is 4.45. The SMILES string of the molecule is Cl.O=C(C(c1ccccc1)N1CCNCC1)N1CCc2c(c(Br)nc3[nH]ncc23)C1. The van der Waals surface area contributed by atoms with Gasteiger partial charge in [0.1, 0.15) is 10.6 Å². The second-order valence-electron chi connectivity index (χ2n) is 7.60. The number of carbonyl (C=O) groups excluding carboxylic acids is 1. The molecule has 7 nitrogen and oxygen atoms in total. The number of amides is 1. The molecule has 1 aromatic carbocycles. The van der Waals surface area contributed by atoms with E-state index in [2.05, 4.69) is 53.5 Å². The number of nitrogens with one attached hydrogen (secondary N) is 2. The molecule has 0 radical (unpaired) electrons. The van der Waals surface area contributed by atoms with Crippen LogP contribution < -0.4 is 5.32 Å². The fraction of sp³-hybridized carbons (Fsp3) is 0.381. The maximum Gasteiger partial charge on any atom is 0.244 e. The van der Waals surface area contributed by atoms with Crippen molar-refractivity contribution < 1.29 is 4.79 Å².